The third-order valence-electron chi connectivity index (χ3n) is 6.17. The van der Waals surface area contributed by atoms with Gasteiger partial charge in [-0.15, -0.1) is 0 Å². The van der Waals surface area contributed by atoms with Crippen LogP contribution in [0.25, 0.3) is 0 Å². The van der Waals surface area contributed by atoms with Crippen molar-refractivity contribution in [2.45, 2.75) is 38.5 Å². The molecule has 2 aliphatic heterocycles. The highest BCUT2D eigenvalue weighted by Gasteiger charge is 2.31. The molecule has 0 bridgehead atoms. The van der Waals surface area contributed by atoms with Crippen molar-refractivity contribution in [3.8, 4) is 0 Å². The van der Waals surface area contributed by atoms with E-state index in [0.29, 0.717) is 31.3 Å². The van der Waals surface area contributed by atoms with Crippen molar-refractivity contribution in [1.29, 1.82) is 0 Å². The third-order valence-corrected chi connectivity index (χ3v) is 6.17. The highest BCUT2D eigenvalue weighted by atomic mass is 19.1. The van der Waals surface area contributed by atoms with Gasteiger partial charge in [-0.3, -0.25) is 14.1 Å². The zero-order valence-corrected chi connectivity index (χ0v) is 15.8. The topological polar surface area (TPSA) is 55.9 Å². The molecule has 3 aliphatic rings. The van der Waals surface area contributed by atoms with Crippen LogP contribution in [-0.2, 0) is 4.79 Å². The van der Waals surface area contributed by atoms with E-state index in [4.69, 9.17) is 0 Å². The van der Waals surface area contributed by atoms with Crippen LogP contribution in [0, 0.1) is 11.8 Å². The van der Waals surface area contributed by atoms with E-state index in [1.54, 1.807) is 0 Å². The van der Waals surface area contributed by atoms with Crippen LogP contribution in [0.1, 0.15) is 38.5 Å². The summed E-state index contributed by atoms with van der Waals surface area (Å²) in [5, 5.41) is 3.00. The lowest BCUT2D eigenvalue weighted by atomic mass is 9.84. The standard InChI is InChI=1S/C19H33FN4O2/c20-7-6-16-3-2-9-24(15-16)19(26)21-8-10-22-11-13-23(14-12-22)18(25)17-4-1-5-17/h16-17H,1-15H2,(H,21,26). The number of piperidine rings is 1. The maximum Gasteiger partial charge on any atom is 0.317 e. The molecular formula is C19H33FN4O2. The minimum absolute atomic E-state index is 0.0210. The van der Waals surface area contributed by atoms with Crippen molar-refractivity contribution in [2.75, 3.05) is 59.0 Å². The molecule has 0 aromatic carbocycles. The van der Waals surface area contributed by atoms with E-state index < -0.39 is 0 Å². The number of hydrogen-bond acceptors (Lipinski definition) is 3. The van der Waals surface area contributed by atoms with Crippen LogP contribution >= 0.6 is 0 Å². The molecule has 2 saturated heterocycles. The molecule has 2 heterocycles. The SMILES string of the molecule is O=C(NCCN1CCN(C(=O)C2CCC2)CC1)N1CCCC(CCF)C1. The van der Waals surface area contributed by atoms with E-state index in [9.17, 15) is 14.0 Å². The molecule has 0 aromatic heterocycles. The first kappa shape index (κ1) is 19.4. The van der Waals surface area contributed by atoms with E-state index >= 15 is 0 Å². The van der Waals surface area contributed by atoms with Gasteiger partial charge in [0.25, 0.3) is 0 Å². The minimum atomic E-state index is -0.296. The Kier molecular flexibility index (Phi) is 7.11. The summed E-state index contributed by atoms with van der Waals surface area (Å²) in [5.41, 5.74) is 0. The Morgan fingerprint density at radius 3 is 2.38 bits per heavy atom. The second kappa shape index (κ2) is 9.53. The summed E-state index contributed by atoms with van der Waals surface area (Å²) in [6.07, 6.45) is 5.88. The van der Waals surface area contributed by atoms with Crippen LogP contribution in [0.15, 0.2) is 0 Å². The molecule has 3 fully saturated rings. The molecule has 7 heteroatoms. The van der Waals surface area contributed by atoms with Crippen molar-refractivity contribution in [3.05, 3.63) is 0 Å². The van der Waals surface area contributed by atoms with Crippen LogP contribution in [0.2, 0.25) is 0 Å². The van der Waals surface area contributed by atoms with E-state index in [-0.39, 0.29) is 18.6 Å². The number of carbonyl (C=O) groups excluding carboxylic acids is 2. The number of hydrogen-bond donors (Lipinski definition) is 1. The lowest BCUT2D eigenvalue weighted by Crippen LogP contribution is -2.53. The third kappa shape index (κ3) is 5.09. The van der Waals surface area contributed by atoms with Crippen LogP contribution in [0.3, 0.4) is 0 Å². The highest BCUT2D eigenvalue weighted by molar-refractivity contribution is 5.79. The van der Waals surface area contributed by atoms with Crippen LogP contribution in [-0.4, -0.2) is 85.7 Å². The van der Waals surface area contributed by atoms with Gasteiger partial charge in [0, 0.05) is 58.3 Å². The van der Waals surface area contributed by atoms with Crippen LogP contribution < -0.4 is 5.32 Å². The maximum atomic E-state index is 12.5. The molecule has 0 radical (unpaired) electrons. The summed E-state index contributed by atoms with van der Waals surface area (Å²) in [7, 11) is 0. The second-order valence-corrected chi connectivity index (χ2v) is 7.96. The number of halogens is 1. The number of carbonyl (C=O) groups is 2. The summed E-state index contributed by atoms with van der Waals surface area (Å²) in [5.74, 6) is 0.935. The molecular weight excluding hydrogens is 335 g/mol. The minimum Gasteiger partial charge on any atom is -0.340 e. The van der Waals surface area contributed by atoms with Gasteiger partial charge in [-0.2, -0.15) is 0 Å². The first-order valence-corrected chi connectivity index (χ1v) is 10.3. The Balaban J connectivity index is 1.30. The number of alkyl halides is 1. The molecule has 1 N–H and O–H groups in total. The Hall–Kier alpha value is -1.37. The molecule has 1 aliphatic carbocycles. The average Bonchev–Trinajstić information content (AvgIpc) is 2.61. The largest absolute Gasteiger partial charge is 0.340 e. The Morgan fingerprint density at radius 2 is 1.73 bits per heavy atom. The first-order chi connectivity index (χ1) is 12.7. The highest BCUT2D eigenvalue weighted by Crippen LogP contribution is 2.28. The Bertz CT molecular complexity index is 476. The van der Waals surface area contributed by atoms with Gasteiger partial charge >= 0.3 is 6.03 Å². The number of nitrogens with one attached hydrogen (secondary N) is 1. The fourth-order valence-electron chi connectivity index (χ4n) is 4.18. The summed E-state index contributed by atoms with van der Waals surface area (Å²) < 4.78 is 12.5. The predicted molar refractivity (Wildman–Crippen MR) is 98.6 cm³/mol. The molecule has 6 nitrogen and oxygen atoms in total. The molecule has 0 aromatic rings. The fraction of sp³-hybridized carbons (Fsp3) is 0.895. The maximum absolute atomic E-state index is 12.5. The fourth-order valence-corrected chi connectivity index (χ4v) is 4.18. The van der Waals surface area contributed by atoms with E-state index in [0.717, 1.165) is 65.0 Å². The van der Waals surface area contributed by atoms with Gasteiger partial charge < -0.3 is 15.1 Å². The first-order valence-electron chi connectivity index (χ1n) is 10.3. The van der Waals surface area contributed by atoms with Crippen LogP contribution in [0.4, 0.5) is 9.18 Å². The van der Waals surface area contributed by atoms with Gasteiger partial charge in [0.05, 0.1) is 6.67 Å². The summed E-state index contributed by atoms with van der Waals surface area (Å²) in [6.45, 7) is 5.98. The summed E-state index contributed by atoms with van der Waals surface area (Å²) >= 11 is 0. The summed E-state index contributed by atoms with van der Waals surface area (Å²) in [6, 6.07) is -0.0210. The van der Waals surface area contributed by atoms with Crippen molar-refractivity contribution < 1.29 is 14.0 Å². The van der Waals surface area contributed by atoms with Gasteiger partial charge in [0.15, 0.2) is 0 Å². The van der Waals surface area contributed by atoms with Gasteiger partial charge in [0.2, 0.25) is 5.91 Å². The van der Waals surface area contributed by atoms with Gasteiger partial charge in [-0.05, 0) is 38.0 Å². The number of piperazine rings is 1. The van der Waals surface area contributed by atoms with Gasteiger partial charge in [0.1, 0.15) is 0 Å². The Morgan fingerprint density at radius 1 is 0.962 bits per heavy atom. The molecule has 1 saturated carbocycles. The predicted octanol–water partition coefficient (Wildman–Crippen LogP) is 1.71. The normalized spacial score (nSPS) is 25.0. The molecule has 0 spiro atoms. The average molecular weight is 368 g/mol. The van der Waals surface area contributed by atoms with Crippen molar-refractivity contribution in [2.24, 2.45) is 11.8 Å². The molecule has 1 unspecified atom stereocenters. The van der Waals surface area contributed by atoms with E-state index in [2.05, 4.69) is 10.2 Å². The second-order valence-electron chi connectivity index (χ2n) is 7.96. The molecule has 1 atom stereocenters. The van der Waals surface area contributed by atoms with Crippen molar-refractivity contribution in [3.63, 3.8) is 0 Å². The number of likely N-dealkylation sites (tertiary alicyclic amines) is 1. The monoisotopic (exact) mass is 368 g/mol. The number of rotatable bonds is 6. The molecule has 3 amide bonds. The number of nitrogens with zero attached hydrogens (tertiary/aromatic N) is 3. The lowest BCUT2D eigenvalue weighted by molar-refractivity contribution is -0.139. The quantitative estimate of drug-likeness (QED) is 0.777. The van der Waals surface area contributed by atoms with Gasteiger partial charge in [-0.25, -0.2) is 4.79 Å². The Labute approximate surface area is 156 Å². The summed E-state index contributed by atoms with van der Waals surface area (Å²) in [4.78, 5) is 30.7. The zero-order valence-electron chi connectivity index (χ0n) is 15.8. The lowest BCUT2D eigenvalue weighted by Gasteiger charge is -2.38. The van der Waals surface area contributed by atoms with Crippen molar-refractivity contribution >= 4 is 11.9 Å². The molecule has 26 heavy (non-hydrogen) atoms. The van der Waals surface area contributed by atoms with Gasteiger partial charge in [-0.1, -0.05) is 6.42 Å². The van der Waals surface area contributed by atoms with E-state index in [1.165, 1.54) is 6.42 Å². The number of urea groups is 1. The molecule has 148 valence electrons. The van der Waals surface area contributed by atoms with E-state index in [1.807, 2.05) is 9.80 Å². The van der Waals surface area contributed by atoms with Crippen molar-refractivity contribution in [1.82, 2.24) is 20.0 Å². The zero-order chi connectivity index (χ0) is 18.4. The smallest absolute Gasteiger partial charge is 0.317 e. The van der Waals surface area contributed by atoms with Crippen LogP contribution in [0.5, 0.6) is 0 Å². The number of amides is 3. The molecule has 3 rings (SSSR count).